The lowest BCUT2D eigenvalue weighted by atomic mass is 10.2. The molecule has 0 saturated heterocycles. The van der Waals surface area contributed by atoms with E-state index in [1.165, 1.54) is 13.1 Å². The Labute approximate surface area is 140 Å². The number of alkyl halides is 3. The van der Waals surface area contributed by atoms with Crippen LogP contribution in [0.5, 0.6) is 0 Å². The summed E-state index contributed by atoms with van der Waals surface area (Å²) in [7, 11) is 1.42. The van der Waals surface area contributed by atoms with Crippen LogP contribution in [-0.2, 0) is 6.18 Å². The number of nitrogens with one attached hydrogen (secondary N) is 1. The third-order valence-corrected chi connectivity index (χ3v) is 4.27. The van der Waals surface area contributed by atoms with E-state index in [2.05, 4.69) is 31.4 Å². The number of nitrogens with zero attached hydrogens (tertiary/aromatic N) is 3. The molecule has 0 spiro atoms. The lowest BCUT2D eigenvalue weighted by molar-refractivity contribution is -0.137. The molecule has 2 aromatic rings. The second kappa shape index (κ2) is 6.39. The van der Waals surface area contributed by atoms with Gasteiger partial charge in [0.25, 0.3) is 0 Å². The van der Waals surface area contributed by atoms with Gasteiger partial charge in [0.05, 0.1) is 10.6 Å². The second-order valence-electron chi connectivity index (χ2n) is 4.02. The summed E-state index contributed by atoms with van der Waals surface area (Å²) < 4.78 is 38.8. The zero-order chi connectivity index (χ0) is 16.5. The summed E-state index contributed by atoms with van der Waals surface area (Å²) in [6.07, 6.45) is -4.60. The van der Waals surface area contributed by atoms with Gasteiger partial charge in [0.1, 0.15) is 0 Å². The first-order chi connectivity index (χ1) is 10.2. The molecule has 1 heterocycles. The van der Waals surface area contributed by atoms with Crippen LogP contribution < -0.4 is 10.2 Å². The molecule has 2 rings (SSSR count). The highest BCUT2D eigenvalue weighted by Gasteiger charge is 2.33. The summed E-state index contributed by atoms with van der Waals surface area (Å²) in [5.74, 6) is 0. The van der Waals surface area contributed by atoms with Gasteiger partial charge in [0.2, 0.25) is 5.13 Å². The molecule has 1 aromatic heterocycles. The average Bonchev–Trinajstić information content (AvgIpc) is 2.85. The Bertz CT molecular complexity index is 709. The highest BCUT2D eigenvalue weighted by Crippen LogP contribution is 2.36. The van der Waals surface area contributed by atoms with Gasteiger partial charge in [-0.3, -0.25) is 4.90 Å². The van der Waals surface area contributed by atoms with Crippen LogP contribution in [0.15, 0.2) is 22.1 Å². The van der Waals surface area contributed by atoms with E-state index in [0.717, 1.165) is 28.4 Å². The first-order valence-corrected chi connectivity index (χ1v) is 7.57. The van der Waals surface area contributed by atoms with Crippen molar-refractivity contribution in [1.29, 1.82) is 0 Å². The van der Waals surface area contributed by atoms with Gasteiger partial charge >= 0.3 is 12.2 Å². The van der Waals surface area contributed by atoms with Crippen LogP contribution in [0.1, 0.15) is 5.56 Å². The Kier molecular flexibility index (Phi) is 4.93. The molecule has 1 N–H and O–H groups in total. The summed E-state index contributed by atoms with van der Waals surface area (Å²) in [5.41, 5.74) is -1.05. The van der Waals surface area contributed by atoms with Gasteiger partial charge in [-0.15, -0.1) is 10.2 Å². The van der Waals surface area contributed by atoms with E-state index in [4.69, 9.17) is 11.6 Å². The van der Waals surface area contributed by atoms with Gasteiger partial charge in [0.15, 0.2) is 3.92 Å². The van der Waals surface area contributed by atoms with Crippen LogP contribution >= 0.6 is 38.9 Å². The number of halogens is 5. The van der Waals surface area contributed by atoms with Crippen molar-refractivity contribution in [3.8, 4) is 0 Å². The second-order valence-corrected chi connectivity index (χ2v) is 6.66. The van der Waals surface area contributed by atoms with Crippen LogP contribution in [0.25, 0.3) is 0 Å². The Hall–Kier alpha value is -1.39. The quantitative estimate of drug-likeness (QED) is 0.777. The molecule has 0 radical (unpaired) electrons. The van der Waals surface area contributed by atoms with Crippen LogP contribution in [0, 0.1) is 0 Å². The van der Waals surface area contributed by atoms with Crippen molar-refractivity contribution in [1.82, 2.24) is 10.2 Å². The average molecular weight is 416 g/mol. The molecular weight excluding hydrogens is 409 g/mol. The van der Waals surface area contributed by atoms with Gasteiger partial charge in [-0.25, -0.2) is 4.79 Å². The number of rotatable bonds is 2. The molecule has 2 amide bonds. The summed E-state index contributed by atoms with van der Waals surface area (Å²) in [4.78, 5) is 13.1. The molecule has 5 nitrogen and oxygen atoms in total. The lowest BCUT2D eigenvalue weighted by Gasteiger charge is -2.16. The molecule has 0 fully saturated rings. The molecule has 0 bridgehead atoms. The highest BCUT2D eigenvalue weighted by molar-refractivity contribution is 9.11. The summed E-state index contributed by atoms with van der Waals surface area (Å²) in [6, 6.07) is 2.46. The van der Waals surface area contributed by atoms with E-state index in [0.29, 0.717) is 3.92 Å². The summed E-state index contributed by atoms with van der Waals surface area (Å²) in [5, 5.41) is 9.61. The zero-order valence-electron chi connectivity index (χ0n) is 10.8. The van der Waals surface area contributed by atoms with Crippen molar-refractivity contribution in [3.63, 3.8) is 0 Å². The van der Waals surface area contributed by atoms with E-state index in [1.54, 1.807) is 0 Å². The number of amides is 2. The van der Waals surface area contributed by atoms with Crippen LogP contribution in [0.4, 0.5) is 28.8 Å². The van der Waals surface area contributed by atoms with Gasteiger partial charge < -0.3 is 5.32 Å². The van der Waals surface area contributed by atoms with Gasteiger partial charge in [0, 0.05) is 12.7 Å². The van der Waals surface area contributed by atoms with E-state index < -0.39 is 22.8 Å². The maximum Gasteiger partial charge on any atom is 0.417 e. The minimum Gasteiger partial charge on any atom is -0.307 e. The van der Waals surface area contributed by atoms with E-state index in [1.807, 2.05) is 0 Å². The first kappa shape index (κ1) is 17.0. The molecule has 11 heteroatoms. The topological polar surface area (TPSA) is 58.1 Å². The summed E-state index contributed by atoms with van der Waals surface area (Å²) >= 11 is 9.72. The standard InChI is InChI=1S/C11H7BrClF3N4OS/c1-20(10-19-18-8(12)22-10)9(21)17-5-2-3-7(13)6(4-5)11(14,15)16/h2-4H,1H3,(H,17,21). The maximum absolute atomic E-state index is 12.8. The minimum atomic E-state index is -4.60. The van der Waals surface area contributed by atoms with Crippen molar-refractivity contribution in [2.24, 2.45) is 0 Å². The highest BCUT2D eigenvalue weighted by atomic mass is 79.9. The normalized spacial score (nSPS) is 11.4. The molecule has 0 unspecified atom stereocenters. The van der Waals surface area contributed by atoms with E-state index in [-0.39, 0.29) is 10.8 Å². The monoisotopic (exact) mass is 414 g/mol. The largest absolute Gasteiger partial charge is 0.417 e. The molecule has 1 aromatic carbocycles. The molecule has 118 valence electrons. The van der Waals surface area contributed by atoms with E-state index >= 15 is 0 Å². The van der Waals surface area contributed by atoms with Crippen molar-refractivity contribution in [2.75, 3.05) is 17.3 Å². The number of hydrogen-bond donors (Lipinski definition) is 1. The van der Waals surface area contributed by atoms with Crippen LogP contribution in [-0.4, -0.2) is 23.3 Å². The fraction of sp³-hybridized carbons (Fsp3) is 0.182. The molecule has 0 saturated carbocycles. The number of carbonyl (C=O) groups is 1. The van der Waals surface area contributed by atoms with Crippen molar-refractivity contribution < 1.29 is 18.0 Å². The number of aromatic nitrogens is 2. The number of carbonyl (C=O) groups excluding carboxylic acids is 1. The third-order valence-electron chi connectivity index (χ3n) is 2.50. The van der Waals surface area contributed by atoms with Crippen molar-refractivity contribution >= 4 is 55.7 Å². The first-order valence-electron chi connectivity index (χ1n) is 5.59. The lowest BCUT2D eigenvalue weighted by Crippen LogP contribution is -2.31. The predicted octanol–water partition coefficient (Wildman–Crippen LogP) is 4.64. The SMILES string of the molecule is CN(C(=O)Nc1ccc(Cl)c(C(F)(F)F)c1)c1nnc(Br)s1. The van der Waals surface area contributed by atoms with Gasteiger partial charge in [-0.2, -0.15) is 13.2 Å². The molecule has 0 aliphatic carbocycles. The Morgan fingerprint density at radius 1 is 1.41 bits per heavy atom. The molecule has 22 heavy (non-hydrogen) atoms. The molecular formula is C11H7BrClF3N4OS. The predicted molar refractivity (Wildman–Crippen MR) is 81.5 cm³/mol. The summed E-state index contributed by atoms with van der Waals surface area (Å²) in [6.45, 7) is 0. The number of urea groups is 1. The molecule has 0 aliphatic heterocycles. The fourth-order valence-electron chi connectivity index (χ4n) is 1.45. The van der Waals surface area contributed by atoms with Gasteiger partial charge in [-0.05, 0) is 34.1 Å². The molecule has 0 atom stereocenters. The minimum absolute atomic E-state index is 0.0304. The Balaban J connectivity index is 2.18. The van der Waals surface area contributed by atoms with Crippen molar-refractivity contribution in [2.45, 2.75) is 6.18 Å². The molecule has 0 aliphatic rings. The number of hydrogen-bond acceptors (Lipinski definition) is 4. The smallest absolute Gasteiger partial charge is 0.307 e. The number of anilines is 2. The maximum atomic E-state index is 12.8. The number of benzene rings is 1. The van der Waals surface area contributed by atoms with Crippen LogP contribution in [0.3, 0.4) is 0 Å². The van der Waals surface area contributed by atoms with Crippen molar-refractivity contribution in [3.05, 3.63) is 32.7 Å². The Morgan fingerprint density at radius 3 is 2.64 bits per heavy atom. The fourth-order valence-corrected chi connectivity index (χ4v) is 2.72. The van der Waals surface area contributed by atoms with E-state index in [9.17, 15) is 18.0 Å². The third kappa shape index (κ3) is 3.87. The van der Waals surface area contributed by atoms with Crippen LogP contribution in [0.2, 0.25) is 5.02 Å². The van der Waals surface area contributed by atoms with Gasteiger partial charge in [-0.1, -0.05) is 22.9 Å². The Morgan fingerprint density at radius 2 is 2.09 bits per heavy atom. The zero-order valence-corrected chi connectivity index (χ0v) is 13.9.